The number of nitrogens with zero attached hydrogens (tertiary/aromatic N) is 1. The highest BCUT2D eigenvalue weighted by molar-refractivity contribution is 7.90. The summed E-state index contributed by atoms with van der Waals surface area (Å²) in [6.45, 7) is 0. The van der Waals surface area contributed by atoms with E-state index in [9.17, 15) is 20.7 Å². The van der Waals surface area contributed by atoms with Crippen LogP contribution in [0.1, 0.15) is 0 Å². The largest absolute Gasteiger partial charge is 0.488 e. The molecule has 0 saturated carbocycles. The monoisotopic (exact) mass is 255 g/mol. The molecule has 84 valence electrons. The van der Waals surface area contributed by atoms with Gasteiger partial charge in [0.05, 0.1) is 0 Å². The third kappa shape index (κ3) is 3.80. The van der Waals surface area contributed by atoms with Gasteiger partial charge in [-0.1, -0.05) is 3.89 Å². The molecule has 0 fully saturated rings. The van der Waals surface area contributed by atoms with E-state index in [4.69, 9.17) is 0 Å². The van der Waals surface area contributed by atoms with Crippen molar-refractivity contribution in [3.8, 4) is 5.75 Å². The van der Waals surface area contributed by atoms with E-state index >= 15 is 0 Å². The van der Waals surface area contributed by atoms with E-state index in [0.717, 1.165) is 24.6 Å². The quantitative estimate of drug-likeness (QED) is 0.710. The molecule has 1 aromatic heterocycles. The highest BCUT2D eigenvalue weighted by atomic mass is 32.3. The molecule has 0 aromatic carbocycles. The summed E-state index contributed by atoms with van der Waals surface area (Å²) < 4.78 is 58.1. The third-order valence-electron chi connectivity index (χ3n) is 1.28. The molecular formula is C6H6FNO5S2. The van der Waals surface area contributed by atoms with Gasteiger partial charge >= 0.3 is 10.5 Å². The summed E-state index contributed by atoms with van der Waals surface area (Å²) in [4.78, 5) is 3.46. The van der Waals surface area contributed by atoms with Crippen LogP contribution in [-0.4, -0.2) is 28.1 Å². The van der Waals surface area contributed by atoms with Gasteiger partial charge in [0, 0.05) is 24.6 Å². The molecular weight excluding hydrogens is 249 g/mol. The average molecular weight is 255 g/mol. The number of pyridine rings is 1. The number of hydrogen-bond acceptors (Lipinski definition) is 6. The molecule has 9 heteroatoms. The Morgan fingerprint density at radius 3 is 2.40 bits per heavy atom. The molecule has 0 unspecified atom stereocenters. The molecule has 0 amide bonds. The second-order valence-electron chi connectivity index (χ2n) is 2.58. The second-order valence-corrected chi connectivity index (χ2v) is 5.49. The number of halogens is 1. The minimum atomic E-state index is -5.16. The van der Waals surface area contributed by atoms with Crippen molar-refractivity contribution < 1.29 is 24.9 Å². The van der Waals surface area contributed by atoms with Gasteiger partial charge < -0.3 is 4.18 Å². The molecule has 0 aliphatic heterocycles. The van der Waals surface area contributed by atoms with Gasteiger partial charge in [0.25, 0.3) is 0 Å². The number of aromatic nitrogens is 1. The molecule has 15 heavy (non-hydrogen) atoms. The Kier molecular flexibility index (Phi) is 2.95. The van der Waals surface area contributed by atoms with Crippen LogP contribution in [0, 0.1) is 0 Å². The SMILES string of the molecule is CS(=O)(=O)c1cc(OS(=O)(=O)F)ccn1. The highest BCUT2D eigenvalue weighted by Gasteiger charge is 2.14. The normalized spacial score (nSPS) is 12.4. The maximum atomic E-state index is 12.1. The van der Waals surface area contributed by atoms with Gasteiger partial charge in [-0.05, 0) is 0 Å². The van der Waals surface area contributed by atoms with Crippen molar-refractivity contribution in [1.82, 2.24) is 4.98 Å². The first-order valence-electron chi connectivity index (χ1n) is 3.49. The standard InChI is InChI=1S/C6H6FNO5S2/c1-14(9,10)6-4-5(2-3-8-6)13-15(7,11)12/h2-4H,1H3. The molecule has 0 atom stereocenters. The molecule has 1 aromatic rings. The first-order chi connectivity index (χ1) is 6.68. The van der Waals surface area contributed by atoms with E-state index in [0.29, 0.717) is 0 Å². The molecule has 0 aliphatic carbocycles. The Balaban J connectivity index is 3.15. The van der Waals surface area contributed by atoms with Crippen LogP contribution in [0.15, 0.2) is 23.4 Å². The second kappa shape index (κ2) is 3.74. The van der Waals surface area contributed by atoms with Crippen molar-refractivity contribution in [1.29, 1.82) is 0 Å². The Hall–Kier alpha value is -1.22. The van der Waals surface area contributed by atoms with Crippen LogP contribution < -0.4 is 4.18 Å². The van der Waals surface area contributed by atoms with Gasteiger partial charge in [-0.25, -0.2) is 13.4 Å². The van der Waals surface area contributed by atoms with Crippen LogP contribution >= 0.6 is 0 Å². The molecule has 0 spiro atoms. The Bertz CT molecular complexity index is 565. The minimum Gasteiger partial charge on any atom is -0.358 e. The summed E-state index contributed by atoms with van der Waals surface area (Å²) in [7, 11) is -8.75. The van der Waals surface area contributed by atoms with Crippen molar-refractivity contribution in [3.63, 3.8) is 0 Å². The molecule has 0 saturated heterocycles. The summed E-state index contributed by atoms with van der Waals surface area (Å²) in [5.41, 5.74) is 0. The summed E-state index contributed by atoms with van der Waals surface area (Å²) in [6, 6.07) is 1.83. The van der Waals surface area contributed by atoms with E-state index in [1.807, 2.05) is 0 Å². The van der Waals surface area contributed by atoms with E-state index < -0.39 is 31.1 Å². The molecule has 1 heterocycles. The first-order valence-corrected chi connectivity index (χ1v) is 6.69. The van der Waals surface area contributed by atoms with Crippen molar-refractivity contribution in [2.75, 3.05) is 6.26 Å². The van der Waals surface area contributed by atoms with Gasteiger partial charge in [0.1, 0.15) is 5.75 Å². The minimum absolute atomic E-state index is 0.399. The highest BCUT2D eigenvalue weighted by Crippen LogP contribution is 2.16. The van der Waals surface area contributed by atoms with Crippen molar-refractivity contribution in [3.05, 3.63) is 18.3 Å². The van der Waals surface area contributed by atoms with E-state index in [2.05, 4.69) is 9.17 Å². The first kappa shape index (κ1) is 11.9. The zero-order chi connectivity index (χ0) is 11.7. The topological polar surface area (TPSA) is 90.4 Å². The molecule has 6 nitrogen and oxygen atoms in total. The maximum absolute atomic E-state index is 12.1. The zero-order valence-corrected chi connectivity index (χ0v) is 9.05. The molecule has 0 bridgehead atoms. The molecule has 0 radical (unpaired) electrons. The van der Waals surface area contributed by atoms with Crippen molar-refractivity contribution in [2.45, 2.75) is 5.03 Å². The number of hydrogen-bond donors (Lipinski definition) is 0. The summed E-state index contributed by atoms with van der Waals surface area (Å²) in [5, 5.41) is -0.399. The maximum Gasteiger partial charge on any atom is 0.488 e. The predicted molar refractivity (Wildman–Crippen MR) is 48.0 cm³/mol. The Morgan fingerprint density at radius 1 is 1.33 bits per heavy atom. The predicted octanol–water partition coefficient (Wildman–Crippen LogP) is 0.0782. The summed E-state index contributed by atoms with van der Waals surface area (Å²) >= 11 is 0. The Labute approximate surface area is 86.1 Å². The fraction of sp³-hybridized carbons (Fsp3) is 0.167. The van der Waals surface area contributed by atoms with Crippen LogP contribution in [0.2, 0.25) is 0 Å². The fourth-order valence-corrected chi connectivity index (χ4v) is 1.68. The summed E-state index contributed by atoms with van der Waals surface area (Å²) in [5.74, 6) is -0.451. The lowest BCUT2D eigenvalue weighted by molar-refractivity contribution is 0.439. The van der Waals surface area contributed by atoms with Crippen LogP contribution in [0.4, 0.5) is 3.89 Å². The van der Waals surface area contributed by atoms with Gasteiger partial charge in [0.2, 0.25) is 0 Å². The lowest BCUT2D eigenvalue weighted by atomic mass is 10.5. The van der Waals surface area contributed by atoms with Gasteiger partial charge in [-0.2, -0.15) is 8.42 Å². The van der Waals surface area contributed by atoms with Gasteiger partial charge in [0.15, 0.2) is 14.9 Å². The fourth-order valence-electron chi connectivity index (χ4n) is 0.761. The zero-order valence-electron chi connectivity index (χ0n) is 7.41. The lowest BCUT2D eigenvalue weighted by Crippen LogP contribution is -2.04. The van der Waals surface area contributed by atoms with E-state index in [-0.39, 0.29) is 0 Å². The third-order valence-corrected chi connectivity index (χ3v) is 2.66. The Morgan fingerprint density at radius 2 is 1.93 bits per heavy atom. The van der Waals surface area contributed by atoms with Gasteiger partial charge in [-0.3, -0.25) is 0 Å². The van der Waals surface area contributed by atoms with E-state index in [1.54, 1.807) is 0 Å². The van der Waals surface area contributed by atoms with Crippen LogP contribution in [0.5, 0.6) is 5.75 Å². The van der Waals surface area contributed by atoms with Crippen molar-refractivity contribution in [2.24, 2.45) is 0 Å². The summed E-state index contributed by atoms with van der Waals surface area (Å²) in [6.07, 6.45) is 1.87. The molecule has 0 aliphatic rings. The van der Waals surface area contributed by atoms with Crippen LogP contribution in [-0.2, 0) is 20.3 Å². The average Bonchev–Trinajstić information content (AvgIpc) is 1.99. The lowest BCUT2D eigenvalue weighted by Gasteiger charge is -2.01. The van der Waals surface area contributed by atoms with Crippen molar-refractivity contribution >= 4 is 20.3 Å². The smallest absolute Gasteiger partial charge is 0.358 e. The van der Waals surface area contributed by atoms with E-state index in [1.165, 1.54) is 0 Å². The molecule has 0 N–H and O–H groups in total. The van der Waals surface area contributed by atoms with Crippen LogP contribution in [0.3, 0.4) is 0 Å². The van der Waals surface area contributed by atoms with Crippen LogP contribution in [0.25, 0.3) is 0 Å². The number of sulfone groups is 1. The molecule has 1 rings (SSSR count). The number of rotatable bonds is 3. The van der Waals surface area contributed by atoms with Gasteiger partial charge in [-0.15, -0.1) is 0 Å².